The van der Waals surface area contributed by atoms with E-state index in [-0.39, 0.29) is 41.5 Å². The zero-order valence-corrected chi connectivity index (χ0v) is 21.2. The summed E-state index contributed by atoms with van der Waals surface area (Å²) < 4.78 is 34.9. The van der Waals surface area contributed by atoms with Crippen molar-refractivity contribution in [3.63, 3.8) is 0 Å². The van der Waals surface area contributed by atoms with Crippen LogP contribution in [0.1, 0.15) is 57.9 Å². The van der Waals surface area contributed by atoms with Crippen molar-refractivity contribution in [3.8, 4) is 17.6 Å². The Morgan fingerprint density at radius 2 is 1.97 bits per heavy atom. The Balaban J connectivity index is 1.69. The third kappa shape index (κ3) is 5.42. The lowest BCUT2D eigenvalue weighted by Gasteiger charge is -2.37. The maximum Gasteiger partial charge on any atom is 0.247 e. The number of aliphatic hydroxyl groups is 1. The minimum atomic E-state index is -3.89. The largest absolute Gasteiger partial charge is 0.487 e. The summed E-state index contributed by atoms with van der Waals surface area (Å²) in [5, 5.41) is 9.78. The Morgan fingerprint density at radius 1 is 1.26 bits per heavy atom. The van der Waals surface area contributed by atoms with Crippen LogP contribution in [-0.2, 0) is 14.8 Å². The highest BCUT2D eigenvalue weighted by Gasteiger charge is 2.39. The maximum atomic E-state index is 13.6. The Bertz CT molecular complexity index is 1070. The number of hydrogen-bond acceptors (Lipinski definition) is 5. The molecule has 34 heavy (non-hydrogen) atoms. The number of nitrogens with zero attached hydrogens (tertiary/aromatic N) is 2. The quantitative estimate of drug-likeness (QED) is 0.644. The second kappa shape index (κ2) is 10.3. The van der Waals surface area contributed by atoms with E-state index >= 15 is 0 Å². The summed E-state index contributed by atoms with van der Waals surface area (Å²) in [5.41, 5.74) is 0.719. The molecule has 1 amide bonds. The molecule has 3 aliphatic rings. The van der Waals surface area contributed by atoms with Gasteiger partial charge in [-0.25, -0.2) is 8.42 Å². The van der Waals surface area contributed by atoms with E-state index in [1.165, 1.54) is 17.1 Å². The summed E-state index contributed by atoms with van der Waals surface area (Å²) in [6.45, 7) is 3.92. The van der Waals surface area contributed by atoms with Crippen molar-refractivity contribution in [2.24, 2.45) is 17.8 Å². The minimum Gasteiger partial charge on any atom is -0.487 e. The average Bonchev–Trinajstić information content (AvgIpc) is 3.53. The van der Waals surface area contributed by atoms with Gasteiger partial charge in [-0.15, -0.1) is 0 Å². The van der Waals surface area contributed by atoms with Gasteiger partial charge >= 0.3 is 0 Å². The van der Waals surface area contributed by atoms with Crippen LogP contribution in [-0.4, -0.2) is 67.5 Å². The Labute approximate surface area is 203 Å². The van der Waals surface area contributed by atoms with Crippen molar-refractivity contribution < 1.29 is 23.1 Å². The molecule has 4 rings (SSSR count). The summed E-state index contributed by atoms with van der Waals surface area (Å²) >= 11 is 0. The molecule has 2 saturated carbocycles. The van der Waals surface area contributed by atoms with Crippen molar-refractivity contribution in [1.82, 2.24) is 9.21 Å². The molecule has 1 aromatic rings. The molecule has 0 aromatic heterocycles. The van der Waals surface area contributed by atoms with Gasteiger partial charge in [0.25, 0.3) is 0 Å². The number of carbonyl (C=O) groups excluding carboxylic acids is 1. The van der Waals surface area contributed by atoms with Gasteiger partial charge in [0.1, 0.15) is 16.7 Å². The lowest BCUT2D eigenvalue weighted by atomic mass is 10.0. The Kier molecular flexibility index (Phi) is 7.56. The molecule has 0 bridgehead atoms. The second-order valence-electron chi connectivity index (χ2n) is 10.1. The predicted molar refractivity (Wildman–Crippen MR) is 130 cm³/mol. The fourth-order valence-corrected chi connectivity index (χ4v) is 6.60. The molecule has 2 fully saturated rings. The van der Waals surface area contributed by atoms with Crippen molar-refractivity contribution in [2.45, 2.75) is 69.4 Å². The number of benzene rings is 1. The standard InChI is InChI=1S/C26H36N2O5S/c1-18-15-28(19(2)17-29)34(31,32)25-13-10-21(9-8-20-6-4-5-7-20)14-23(25)33-24(18)16-27(3)26(30)22-11-12-22/h10,13-14,18-20,22,24,29H,4-7,11-12,15-17H2,1-3H3/t18-,19-,24+/m1/s1. The molecular weight excluding hydrogens is 452 g/mol. The lowest BCUT2D eigenvalue weighted by Crippen LogP contribution is -2.50. The van der Waals surface area contributed by atoms with Crippen LogP contribution in [0.3, 0.4) is 0 Å². The molecule has 0 unspecified atom stereocenters. The van der Waals surface area contributed by atoms with Gasteiger partial charge in [-0.05, 0) is 50.8 Å². The van der Waals surface area contributed by atoms with E-state index in [4.69, 9.17) is 4.74 Å². The van der Waals surface area contributed by atoms with Crippen LogP contribution in [0.4, 0.5) is 0 Å². The second-order valence-corrected chi connectivity index (χ2v) is 12.0. The first-order valence-electron chi connectivity index (χ1n) is 12.4. The highest BCUT2D eigenvalue weighted by Crippen LogP contribution is 2.35. The Hall–Kier alpha value is -2.08. The van der Waals surface area contributed by atoms with Gasteiger partial charge in [-0.3, -0.25) is 4.79 Å². The van der Waals surface area contributed by atoms with Gasteiger partial charge < -0.3 is 14.7 Å². The zero-order valence-electron chi connectivity index (χ0n) is 20.4. The number of amides is 1. The van der Waals surface area contributed by atoms with E-state index in [1.54, 1.807) is 37.1 Å². The first-order valence-corrected chi connectivity index (χ1v) is 13.8. The minimum absolute atomic E-state index is 0.0762. The number of carbonyl (C=O) groups is 1. The fourth-order valence-electron chi connectivity index (χ4n) is 4.78. The maximum absolute atomic E-state index is 13.6. The van der Waals surface area contributed by atoms with Crippen LogP contribution >= 0.6 is 0 Å². The van der Waals surface area contributed by atoms with Gasteiger partial charge in [0.15, 0.2) is 0 Å². The summed E-state index contributed by atoms with van der Waals surface area (Å²) in [6.07, 6.45) is 6.09. The summed E-state index contributed by atoms with van der Waals surface area (Å²) in [7, 11) is -2.10. The molecule has 2 aliphatic carbocycles. The van der Waals surface area contributed by atoms with E-state index < -0.39 is 22.2 Å². The van der Waals surface area contributed by atoms with Crippen LogP contribution in [0.15, 0.2) is 23.1 Å². The van der Waals surface area contributed by atoms with E-state index in [0.717, 1.165) is 31.2 Å². The van der Waals surface area contributed by atoms with Gasteiger partial charge in [0.2, 0.25) is 15.9 Å². The zero-order chi connectivity index (χ0) is 24.5. The van der Waals surface area contributed by atoms with Crippen molar-refractivity contribution >= 4 is 15.9 Å². The molecule has 0 radical (unpaired) electrons. The lowest BCUT2D eigenvalue weighted by molar-refractivity contribution is -0.132. The third-order valence-electron chi connectivity index (χ3n) is 7.20. The molecule has 1 aliphatic heterocycles. The molecule has 8 heteroatoms. The number of hydrogen-bond donors (Lipinski definition) is 1. The fraction of sp³-hybridized carbons (Fsp3) is 0.654. The van der Waals surface area contributed by atoms with Crippen LogP contribution < -0.4 is 4.74 Å². The van der Waals surface area contributed by atoms with E-state index in [0.29, 0.717) is 12.5 Å². The van der Waals surface area contributed by atoms with Crippen LogP contribution in [0, 0.1) is 29.6 Å². The number of aliphatic hydroxyl groups excluding tert-OH is 1. The molecule has 0 saturated heterocycles. The van der Waals surface area contributed by atoms with Gasteiger partial charge in [-0.2, -0.15) is 4.31 Å². The molecular formula is C26H36N2O5S. The van der Waals surface area contributed by atoms with E-state index in [1.807, 2.05) is 6.92 Å². The van der Waals surface area contributed by atoms with Gasteiger partial charge in [-0.1, -0.05) is 31.6 Å². The topological polar surface area (TPSA) is 87.2 Å². The first-order chi connectivity index (χ1) is 16.2. The van der Waals surface area contributed by atoms with Crippen LogP contribution in [0.2, 0.25) is 0 Å². The highest BCUT2D eigenvalue weighted by molar-refractivity contribution is 7.89. The highest BCUT2D eigenvalue weighted by atomic mass is 32.2. The van der Waals surface area contributed by atoms with Crippen LogP contribution in [0.5, 0.6) is 5.75 Å². The van der Waals surface area contributed by atoms with Gasteiger partial charge in [0, 0.05) is 43.0 Å². The van der Waals surface area contributed by atoms with E-state index in [2.05, 4.69) is 11.8 Å². The van der Waals surface area contributed by atoms with Crippen molar-refractivity contribution in [1.29, 1.82) is 0 Å². The number of sulfonamides is 1. The molecule has 1 aromatic carbocycles. The summed E-state index contributed by atoms with van der Waals surface area (Å²) in [6, 6.07) is 4.43. The number of likely N-dealkylation sites (N-methyl/N-ethyl adjacent to an activating group) is 1. The summed E-state index contributed by atoms with van der Waals surface area (Å²) in [5.74, 6) is 7.21. The number of fused-ring (bicyclic) bond motifs is 1. The van der Waals surface area contributed by atoms with Gasteiger partial charge in [0.05, 0.1) is 13.2 Å². The Morgan fingerprint density at radius 3 is 2.62 bits per heavy atom. The first kappa shape index (κ1) is 25.0. The average molecular weight is 489 g/mol. The molecule has 186 valence electrons. The SMILES string of the molecule is C[C@@H]1CN([C@H](C)CO)S(=O)(=O)c2ccc(C#CC3CCCC3)cc2O[C@H]1CN(C)C(=O)C1CC1. The molecule has 1 N–H and O–H groups in total. The molecule has 3 atom stereocenters. The van der Waals surface area contributed by atoms with Crippen molar-refractivity contribution in [2.75, 3.05) is 26.7 Å². The number of rotatable bonds is 5. The van der Waals surface area contributed by atoms with E-state index in [9.17, 15) is 18.3 Å². The summed E-state index contributed by atoms with van der Waals surface area (Å²) in [4.78, 5) is 14.4. The van der Waals surface area contributed by atoms with Crippen LogP contribution in [0.25, 0.3) is 0 Å². The molecule has 7 nitrogen and oxygen atoms in total. The number of ether oxygens (including phenoxy) is 1. The monoisotopic (exact) mass is 488 g/mol. The molecule has 0 spiro atoms. The smallest absolute Gasteiger partial charge is 0.247 e. The third-order valence-corrected chi connectivity index (χ3v) is 9.22. The normalized spacial score (nSPS) is 25.8. The molecule has 1 heterocycles. The van der Waals surface area contributed by atoms with Crippen molar-refractivity contribution in [3.05, 3.63) is 23.8 Å². The predicted octanol–water partition coefficient (Wildman–Crippen LogP) is 2.87.